The van der Waals surface area contributed by atoms with E-state index >= 15 is 0 Å². The third-order valence-corrected chi connectivity index (χ3v) is 3.17. The Morgan fingerprint density at radius 3 is 2.63 bits per heavy atom. The molecule has 100 valence electrons. The lowest BCUT2D eigenvalue weighted by atomic mass is 10.2. The fourth-order valence-corrected chi connectivity index (χ4v) is 1.76. The summed E-state index contributed by atoms with van der Waals surface area (Å²) < 4.78 is 10.5. The van der Waals surface area contributed by atoms with E-state index in [0.29, 0.717) is 15.8 Å². The first-order valence-corrected chi connectivity index (χ1v) is 6.24. The van der Waals surface area contributed by atoms with Crippen LogP contribution in [0.4, 0.5) is 0 Å². The number of rotatable bonds is 4. The van der Waals surface area contributed by atoms with Gasteiger partial charge in [0.1, 0.15) is 18.6 Å². The van der Waals surface area contributed by atoms with Gasteiger partial charge in [-0.1, -0.05) is 29.3 Å². The van der Waals surface area contributed by atoms with Crippen molar-refractivity contribution in [3.63, 3.8) is 0 Å². The Labute approximate surface area is 119 Å². The number of hydrogen-bond acceptors (Lipinski definition) is 4. The van der Waals surface area contributed by atoms with Gasteiger partial charge in [0.15, 0.2) is 0 Å². The molecule has 19 heavy (non-hydrogen) atoms. The van der Waals surface area contributed by atoms with Gasteiger partial charge in [0.05, 0.1) is 16.6 Å². The van der Waals surface area contributed by atoms with Crippen molar-refractivity contribution in [2.75, 3.05) is 0 Å². The molecule has 0 spiro atoms. The molecule has 1 aromatic heterocycles. The van der Waals surface area contributed by atoms with Gasteiger partial charge >= 0.3 is 0 Å². The lowest BCUT2D eigenvalue weighted by molar-refractivity contribution is 0.289. The summed E-state index contributed by atoms with van der Waals surface area (Å²) in [6, 6.07) is 6.43. The summed E-state index contributed by atoms with van der Waals surface area (Å²) in [4.78, 5) is 11.7. The summed E-state index contributed by atoms with van der Waals surface area (Å²) in [5, 5.41) is 0.908. The highest BCUT2D eigenvalue weighted by atomic mass is 35.5. The highest BCUT2D eigenvalue weighted by molar-refractivity contribution is 6.42. The Bertz CT molecular complexity index is 640. The standard InChI is InChI=1S/C13H11Cl2NO3/c14-10-2-1-8(3-11(10)15)6-19-13-7-18-9(5-16)4-12(13)17/h1-4,7H,5-6,16H2. The zero-order chi connectivity index (χ0) is 13.8. The van der Waals surface area contributed by atoms with E-state index in [1.807, 2.05) is 0 Å². The number of benzene rings is 1. The molecule has 2 N–H and O–H groups in total. The minimum atomic E-state index is -0.272. The summed E-state index contributed by atoms with van der Waals surface area (Å²) in [7, 11) is 0. The van der Waals surface area contributed by atoms with Crippen LogP contribution < -0.4 is 15.9 Å². The highest BCUT2D eigenvalue weighted by Gasteiger charge is 2.05. The molecule has 1 aromatic carbocycles. The first-order chi connectivity index (χ1) is 9.10. The van der Waals surface area contributed by atoms with Gasteiger partial charge in [-0.3, -0.25) is 4.79 Å². The average molecular weight is 300 g/mol. The number of hydrogen-bond donors (Lipinski definition) is 1. The SMILES string of the molecule is NCc1cc(=O)c(OCc2ccc(Cl)c(Cl)c2)co1. The predicted octanol–water partition coefficient (Wildman–Crippen LogP) is 2.98. The van der Waals surface area contributed by atoms with Crippen LogP contribution in [0.2, 0.25) is 10.0 Å². The Morgan fingerprint density at radius 1 is 1.21 bits per heavy atom. The van der Waals surface area contributed by atoms with Crippen molar-refractivity contribution >= 4 is 23.2 Å². The molecule has 0 atom stereocenters. The summed E-state index contributed by atoms with van der Waals surface area (Å²) in [6.07, 6.45) is 1.25. The second kappa shape index (κ2) is 6.10. The maximum absolute atomic E-state index is 11.7. The Morgan fingerprint density at radius 2 is 2.00 bits per heavy atom. The van der Waals surface area contributed by atoms with E-state index in [0.717, 1.165) is 5.56 Å². The van der Waals surface area contributed by atoms with Gasteiger partial charge in [-0.2, -0.15) is 0 Å². The van der Waals surface area contributed by atoms with Gasteiger partial charge in [-0.25, -0.2) is 0 Å². The zero-order valence-corrected chi connectivity index (χ0v) is 11.4. The van der Waals surface area contributed by atoms with E-state index in [1.165, 1.54) is 12.3 Å². The van der Waals surface area contributed by atoms with Crippen LogP contribution >= 0.6 is 23.2 Å². The van der Waals surface area contributed by atoms with E-state index in [9.17, 15) is 4.79 Å². The van der Waals surface area contributed by atoms with E-state index in [-0.39, 0.29) is 24.3 Å². The average Bonchev–Trinajstić information content (AvgIpc) is 2.41. The van der Waals surface area contributed by atoms with Crippen molar-refractivity contribution in [1.82, 2.24) is 0 Å². The molecule has 4 nitrogen and oxygen atoms in total. The molecule has 0 saturated carbocycles. The zero-order valence-electron chi connectivity index (χ0n) is 9.86. The topological polar surface area (TPSA) is 65.5 Å². The first-order valence-electron chi connectivity index (χ1n) is 5.48. The molecular weight excluding hydrogens is 289 g/mol. The maximum Gasteiger partial charge on any atom is 0.227 e. The molecule has 0 bridgehead atoms. The van der Waals surface area contributed by atoms with Crippen molar-refractivity contribution in [3.8, 4) is 5.75 Å². The molecule has 0 aliphatic heterocycles. The largest absolute Gasteiger partial charge is 0.482 e. The van der Waals surface area contributed by atoms with Crippen LogP contribution in [0.15, 0.2) is 39.7 Å². The van der Waals surface area contributed by atoms with E-state index in [2.05, 4.69) is 0 Å². The van der Waals surface area contributed by atoms with Gasteiger partial charge in [0, 0.05) is 6.07 Å². The van der Waals surface area contributed by atoms with Crippen LogP contribution in [-0.2, 0) is 13.2 Å². The molecule has 0 saturated heterocycles. The number of halogens is 2. The molecule has 0 aliphatic rings. The molecule has 0 radical (unpaired) electrons. The molecule has 0 amide bonds. The molecule has 6 heteroatoms. The monoisotopic (exact) mass is 299 g/mol. The first kappa shape index (κ1) is 13.9. The normalized spacial score (nSPS) is 10.5. The van der Waals surface area contributed by atoms with Crippen LogP contribution in [-0.4, -0.2) is 0 Å². The second-order valence-corrected chi connectivity index (χ2v) is 4.63. The summed E-state index contributed by atoms with van der Waals surface area (Å²) in [5.74, 6) is 0.537. The minimum absolute atomic E-state index is 0.128. The van der Waals surface area contributed by atoms with Gasteiger partial charge in [-0.05, 0) is 17.7 Å². The molecule has 1 heterocycles. The Kier molecular flexibility index (Phi) is 4.47. The summed E-state index contributed by atoms with van der Waals surface area (Å²) in [5.41, 5.74) is 5.89. The second-order valence-electron chi connectivity index (χ2n) is 3.82. The van der Waals surface area contributed by atoms with Gasteiger partial charge in [0.2, 0.25) is 11.2 Å². The van der Waals surface area contributed by atoms with Gasteiger partial charge in [0.25, 0.3) is 0 Å². The quantitative estimate of drug-likeness (QED) is 0.942. The predicted molar refractivity (Wildman–Crippen MR) is 73.7 cm³/mol. The van der Waals surface area contributed by atoms with Gasteiger partial charge in [-0.15, -0.1) is 0 Å². The lowest BCUT2D eigenvalue weighted by Crippen LogP contribution is -2.09. The van der Waals surface area contributed by atoms with E-state index < -0.39 is 0 Å². The molecule has 0 aliphatic carbocycles. The third kappa shape index (κ3) is 3.50. The van der Waals surface area contributed by atoms with Crippen LogP contribution in [0.25, 0.3) is 0 Å². The van der Waals surface area contributed by atoms with Crippen molar-refractivity contribution in [2.45, 2.75) is 13.2 Å². The van der Waals surface area contributed by atoms with Crippen LogP contribution in [0.1, 0.15) is 11.3 Å². The van der Waals surface area contributed by atoms with Gasteiger partial charge < -0.3 is 14.9 Å². The number of nitrogens with two attached hydrogens (primary N) is 1. The Balaban J connectivity index is 2.10. The molecule has 0 unspecified atom stereocenters. The number of ether oxygens (including phenoxy) is 1. The molecule has 2 rings (SSSR count). The summed E-state index contributed by atoms with van der Waals surface area (Å²) in [6.45, 7) is 0.367. The van der Waals surface area contributed by atoms with Crippen LogP contribution in [0, 0.1) is 0 Å². The van der Waals surface area contributed by atoms with Crippen LogP contribution in [0.3, 0.4) is 0 Å². The third-order valence-electron chi connectivity index (χ3n) is 2.43. The van der Waals surface area contributed by atoms with Crippen LogP contribution in [0.5, 0.6) is 5.75 Å². The van der Waals surface area contributed by atoms with Crippen molar-refractivity contribution in [2.24, 2.45) is 5.73 Å². The van der Waals surface area contributed by atoms with E-state index in [1.54, 1.807) is 18.2 Å². The minimum Gasteiger partial charge on any atom is -0.482 e. The Hall–Kier alpha value is -1.49. The fourth-order valence-electron chi connectivity index (χ4n) is 1.44. The fraction of sp³-hybridized carbons (Fsp3) is 0.154. The molecular formula is C13H11Cl2NO3. The van der Waals surface area contributed by atoms with E-state index in [4.69, 9.17) is 38.1 Å². The van der Waals surface area contributed by atoms with Crippen molar-refractivity contribution < 1.29 is 9.15 Å². The lowest BCUT2D eigenvalue weighted by Gasteiger charge is -2.06. The van der Waals surface area contributed by atoms with Crippen molar-refractivity contribution in [3.05, 3.63) is 62.1 Å². The molecule has 2 aromatic rings. The molecule has 0 fully saturated rings. The van der Waals surface area contributed by atoms with Crippen molar-refractivity contribution in [1.29, 1.82) is 0 Å². The highest BCUT2D eigenvalue weighted by Crippen LogP contribution is 2.23. The summed E-state index contributed by atoms with van der Waals surface area (Å²) >= 11 is 11.7. The smallest absolute Gasteiger partial charge is 0.227 e. The maximum atomic E-state index is 11.7.